The lowest BCUT2D eigenvalue weighted by Gasteiger charge is -2.01. The highest BCUT2D eigenvalue weighted by Crippen LogP contribution is 2.28. The van der Waals surface area contributed by atoms with Crippen LogP contribution in [-0.2, 0) is 0 Å². The molecule has 76 valence electrons. The van der Waals surface area contributed by atoms with E-state index in [9.17, 15) is 8.78 Å². The van der Waals surface area contributed by atoms with E-state index >= 15 is 0 Å². The Hall–Kier alpha value is -1.35. The van der Waals surface area contributed by atoms with E-state index in [0.29, 0.717) is 4.90 Å². The molecule has 0 heterocycles. The first-order chi connectivity index (χ1) is 7.25. The minimum absolute atomic E-state index is 0.695. The molecule has 0 saturated heterocycles. The molecule has 0 saturated carbocycles. The van der Waals surface area contributed by atoms with Crippen molar-refractivity contribution < 1.29 is 8.78 Å². The zero-order valence-electron chi connectivity index (χ0n) is 7.78. The minimum atomic E-state index is -0.813. The van der Waals surface area contributed by atoms with Gasteiger partial charge in [-0.05, 0) is 30.3 Å². The zero-order chi connectivity index (χ0) is 10.7. The molecule has 0 radical (unpaired) electrons. The van der Waals surface area contributed by atoms with Crippen LogP contribution in [0.15, 0.2) is 58.3 Å². The summed E-state index contributed by atoms with van der Waals surface area (Å²) in [5, 5.41) is 0. The number of benzene rings is 2. The fraction of sp³-hybridized carbons (Fsp3) is 0. The maximum Gasteiger partial charge on any atom is 0.159 e. The Balaban J connectivity index is 2.22. The van der Waals surface area contributed by atoms with Crippen LogP contribution in [0, 0.1) is 11.6 Å². The van der Waals surface area contributed by atoms with E-state index in [4.69, 9.17) is 0 Å². The Kier molecular flexibility index (Phi) is 3.02. The number of halogens is 2. The second-order valence-corrected chi connectivity index (χ2v) is 4.14. The van der Waals surface area contributed by atoms with Crippen molar-refractivity contribution in [1.29, 1.82) is 0 Å². The molecule has 2 aromatic carbocycles. The maximum absolute atomic E-state index is 12.9. The molecule has 3 heteroatoms. The molecule has 0 nitrogen and oxygen atoms in total. The first kappa shape index (κ1) is 10.2. The van der Waals surface area contributed by atoms with Gasteiger partial charge in [-0.1, -0.05) is 30.0 Å². The number of rotatable bonds is 2. The second kappa shape index (κ2) is 4.45. The molecule has 0 aromatic heterocycles. The van der Waals surface area contributed by atoms with E-state index < -0.39 is 11.6 Å². The molecular weight excluding hydrogens is 214 g/mol. The summed E-state index contributed by atoms with van der Waals surface area (Å²) in [6.07, 6.45) is 0. The average molecular weight is 222 g/mol. The van der Waals surface area contributed by atoms with Gasteiger partial charge in [0.15, 0.2) is 11.6 Å². The Labute approximate surface area is 90.9 Å². The third-order valence-electron chi connectivity index (χ3n) is 1.87. The van der Waals surface area contributed by atoms with Crippen molar-refractivity contribution in [2.45, 2.75) is 9.79 Å². The summed E-state index contributed by atoms with van der Waals surface area (Å²) in [6, 6.07) is 13.5. The van der Waals surface area contributed by atoms with Crippen molar-refractivity contribution in [3.05, 3.63) is 60.2 Å². The summed E-state index contributed by atoms with van der Waals surface area (Å²) in [4.78, 5) is 1.70. The van der Waals surface area contributed by atoms with Gasteiger partial charge in [0.05, 0.1) is 0 Å². The van der Waals surface area contributed by atoms with Crippen molar-refractivity contribution in [2.75, 3.05) is 0 Å². The lowest BCUT2D eigenvalue weighted by atomic mass is 10.3. The molecular formula is C12H8F2S. The highest BCUT2D eigenvalue weighted by atomic mass is 32.2. The van der Waals surface area contributed by atoms with E-state index in [1.165, 1.54) is 17.8 Å². The van der Waals surface area contributed by atoms with E-state index in [1.54, 1.807) is 6.07 Å². The SMILES string of the molecule is Fc1ccc(Sc2ccccc2)cc1F. The van der Waals surface area contributed by atoms with Crippen LogP contribution in [0.3, 0.4) is 0 Å². The van der Waals surface area contributed by atoms with Crippen LogP contribution in [0.4, 0.5) is 8.78 Å². The monoisotopic (exact) mass is 222 g/mol. The molecule has 0 N–H and O–H groups in total. The summed E-state index contributed by atoms with van der Waals surface area (Å²) in [5.41, 5.74) is 0. The van der Waals surface area contributed by atoms with E-state index in [-0.39, 0.29) is 0 Å². The first-order valence-electron chi connectivity index (χ1n) is 4.43. The van der Waals surface area contributed by atoms with Gasteiger partial charge in [-0.2, -0.15) is 0 Å². The Morgan fingerprint density at radius 1 is 0.733 bits per heavy atom. The Bertz CT molecular complexity index is 454. The zero-order valence-corrected chi connectivity index (χ0v) is 8.60. The lowest BCUT2D eigenvalue weighted by molar-refractivity contribution is 0.506. The van der Waals surface area contributed by atoms with Crippen molar-refractivity contribution in [2.24, 2.45) is 0 Å². The van der Waals surface area contributed by atoms with Crippen LogP contribution in [0.1, 0.15) is 0 Å². The topological polar surface area (TPSA) is 0 Å². The van der Waals surface area contributed by atoms with Gasteiger partial charge in [0.1, 0.15) is 0 Å². The predicted octanol–water partition coefficient (Wildman–Crippen LogP) is 4.12. The first-order valence-corrected chi connectivity index (χ1v) is 5.25. The summed E-state index contributed by atoms with van der Waals surface area (Å²) in [5.74, 6) is -1.62. The quantitative estimate of drug-likeness (QED) is 0.736. The van der Waals surface area contributed by atoms with Gasteiger partial charge in [-0.15, -0.1) is 0 Å². The normalized spacial score (nSPS) is 10.3. The largest absolute Gasteiger partial charge is 0.204 e. The van der Waals surface area contributed by atoms with Gasteiger partial charge in [0.2, 0.25) is 0 Å². The Morgan fingerprint density at radius 3 is 2.13 bits per heavy atom. The fourth-order valence-electron chi connectivity index (χ4n) is 1.16. The maximum atomic E-state index is 12.9. The van der Waals surface area contributed by atoms with Crippen LogP contribution in [0.5, 0.6) is 0 Å². The highest BCUT2D eigenvalue weighted by molar-refractivity contribution is 7.99. The molecule has 2 rings (SSSR count). The standard InChI is InChI=1S/C12H8F2S/c13-11-7-6-10(8-12(11)14)15-9-4-2-1-3-5-9/h1-8H. The molecule has 0 spiro atoms. The molecule has 0 aliphatic carbocycles. The number of hydrogen-bond donors (Lipinski definition) is 0. The molecule has 0 amide bonds. The van der Waals surface area contributed by atoms with Crippen molar-refractivity contribution in [3.8, 4) is 0 Å². The van der Waals surface area contributed by atoms with Crippen molar-refractivity contribution >= 4 is 11.8 Å². The second-order valence-electron chi connectivity index (χ2n) is 2.99. The molecule has 0 aliphatic rings. The summed E-state index contributed by atoms with van der Waals surface area (Å²) in [6.45, 7) is 0. The van der Waals surface area contributed by atoms with Gasteiger partial charge in [0, 0.05) is 9.79 Å². The molecule has 0 fully saturated rings. The van der Waals surface area contributed by atoms with Gasteiger partial charge in [0.25, 0.3) is 0 Å². The van der Waals surface area contributed by atoms with Gasteiger partial charge < -0.3 is 0 Å². The summed E-state index contributed by atoms with van der Waals surface area (Å²) < 4.78 is 25.5. The average Bonchev–Trinajstić information content (AvgIpc) is 2.25. The summed E-state index contributed by atoms with van der Waals surface area (Å²) in [7, 11) is 0. The van der Waals surface area contributed by atoms with Gasteiger partial charge in [-0.3, -0.25) is 0 Å². The van der Waals surface area contributed by atoms with Crippen LogP contribution in [-0.4, -0.2) is 0 Å². The van der Waals surface area contributed by atoms with Crippen molar-refractivity contribution in [1.82, 2.24) is 0 Å². The van der Waals surface area contributed by atoms with Crippen LogP contribution in [0.25, 0.3) is 0 Å². The smallest absolute Gasteiger partial charge is 0.159 e. The van der Waals surface area contributed by atoms with Crippen LogP contribution in [0.2, 0.25) is 0 Å². The third-order valence-corrected chi connectivity index (χ3v) is 2.87. The molecule has 2 aromatic rings. The van der Waals surface area contributed by atoms with Crippen LogP contribution >= 0.6 is 11.8 Å². The van der Waals surface area contributed by atoms with E-state index in [1.807, 2.05) is 30.3 Å². The minimum Gasteiger partial charge on any atom is -0.204 e. The number of hydrogen-bond acceptors (Lipinski definition) is 1. The van der Waals surface area contributed by atoms with E-state index in [0.717, 1.165) is 11.0 Å². The molecule has 0 atom stereocenters. The molecule has 0 unspecified atom stereocenters. The van der Waals surface area contributed by atoms with Crippen LogP contribution < -0.4 is 0 Å². The van der Waals surface area contributed by atoms with Gasteiger partial charge >= 0.3 is 0 Å². The fourth-order valence-corrected chi connectivity index (χ4v) is 2.03. The molecule has 0 bridgehead atoms. The summed E-state index contributed by atoms with van der Waals surface area (Å²) >= 11 is 1.40. The molecule has 0 aliphatic heterocycles. The third kappa shape index (κ3) is 2.57. The van der Waals surface area contributed by atoms with Crippen molar-refractivity contribution in [3.63, 3.8) is 0 Å². The van der Waals surface area contributed by atoms with E-state index in [2.05, 4.69) is 0 Å². The van der Waals surface area contributed by atoms with Gasteiger partial charge in [-0.25, -0.2) is 8.78 Å². The lowest BCUT2D eigenvalue weighted by Crippen LogP contribution is -1.83. The highest BCUT2D eigenvalue weighted by Gasteiger charge is 2.03. The Morgan fingerprint density at radius 2 is 1.47 bits per heavy atom. The predicted molar refractivity (Wildman–Crippen MR) is 56.9 cm³/mol. The molecule has 15 heavy (non-hydrogen) atoms.